The number of amides is 2. The fraction of sp³-hybridized carbons (Fsp3) is 0.471. The molecule has 1 N–H and O–H groups in total. The van der Waals surface area contributed by atoms with Crippen molar-refractivity contribution in [3.63, 3.8) is 0 Å². The van der Waals surface area contributed by atoms with Gasteiger partial charge in [0.15, 0.2) is 11.0 Å². The topological polar surface area (TPSA) is 108 Å². The van der Waals surface area contributed by atoms with Gasteiger partial charge in [-0.25, -0.2) is 4.79 Å². The number of nitrogens with one attached hydrogen (secondary N) is 1. The molecule has 146 valence electrons. The molecule has 10 heteroatoms. The number of carbonyl (C=O) groups is 2. The predicted octanol–water partition coefficient (Wildman–Crippen LogP) is 2.13. The van der Waals surface area contributed by atoms with Crippen LogP contribution in [-0.4, -0.2) is 57.3 Å². The Morgan fingerprint density at radius 3 is 2.70 bits per heavy atom. The molecule has 0 bridgehead atoms. The van der Waals surface area contributed by atoms with Crippen LogP contribution in [0.4, 0.5) is 4.79 Å². The van der Waals surface area contributed by atoms with Crippen LogP contribution in [0.2, 0.25) is 0 Å². The van der Waals surface area contributed by atoms with Gasteiger partial charge in [0.1, 0.15) is 0 Å². The lowest BCUT2D eigenvalue weighted by atomic mass is 10.2. The first-order valence-corrected chi connectivity index (χ1v) is 9.41. The first-order valence-electron chi connectivity index (χ1n) is 8.53. The summed E-state index contributed by atoms with van der Waals surface area (Å²) in [6, 6.07) is 3.70. The average molecular weight is 393 g/mol. The van der Waals surface area contributed by atoms with E-state index in [1.807, 2.05) is 23.6 Å². The molecule has 0 radical (unpaired) electrons. The monoisotopic (exact) mass is 393 g/mol. The first-order chi connectivity index (χ1) is 13.1. The number of aromatic nitrogens is 4. The summed E-state index contributed by atoms with van der Waals surface area (Å²) in [6.07, 6.45) is 3.37. The van der Waals surface area contributed by atoms with E-state index in [-0.39, 0.29) is 0 Å². The van der Waals surface area contributed by atoms with E-state index in [0.717, 1.165) is 12.0 Å². The number of imide groups is 1. The quantitative estimate of drug-likeness (QED) is 0.510. The summed E-state index contributed by atoms with van der Waals surface area (Å²) < 4.78 is 11.8. The van der Waals surface area contributed by atoms with Crippen LogP contribution in [0.3, 0.4) is 0 Å². The van der Waals surface area contributed by atoms with Crippen molar-refractivity contribution in [2.75, 3.05) is 20.3 Å². The molecular formula is C17H23N5O4S. The summed E-state index contributed by atoms with van der Waals surface area (Å²) in [5.41, 5.74) is 0.882. The van der Waals surface area contributed by atoms with Gasteiger partial charge >= 0.3 is 6.09 Å². The first kappa shape index (κ1) is 20.8. The van der Waals surface area contributed by atoms with Crippen molar-refractivity contribution in [2.24, 2.45) is 0 Å². The molecule has 0 spiro atoms. The van der Waals surface area contributed by atoms with Crippen molar-refractivity contribution in [1.82, 2.24) is 25.1 Å². The molecular weight excluding hydrogens is 370 g/mol. The number of rotatable bonds is 9. The fourth-order valence-electron chi connectivity index (χ4n) is 2.23. The predicted molar refractivity (Wildman–Crippen MR) is 100 cm³/mol. The van der Waals surface area contributed by atoms with E-state index in [4.69, 9.17) is 4.74 Å². The van der Waals surface area contributed by atoms with E-state index in [9.17, 15) is 9.59 Å². The van der Waals surface area contributed by atoms with Crippen molar-refractivity contribution in [2.45, 2.75) is 37.2 Å². The van der Waals surface area contributed by atoms with Gasteiger partial charge in [0.05, 0.1) is 12.4 Å². The molecule has 0 aliphatic rings. The minimum atomic E-state index is -0.789. The van der Waals surface area contributed by atoms with E-state index in [0.29, 0.717) is 30.7 Å². The number of pyridine rings is 1. The normalized spacial score (nSPS) is 11.8. The van der Waals surface area contributed by atoms with Crippen molar-refractivity contribution >= 4 is 23.8 Å². The molecule has 2 heterocycles. The van der Waals surface area contributed by atoms with Gasteiger partial charge in [-0.1, -0.05) is 11.8 Å². The van der Waals surface area contributed by atoms with Crippen LogP contribution in [-0.2, 0) is 20.8 Å². The number of nitrogens with zero attached hydrogens (tertiary/aromatic N) is 4. The summed E-state index contributed by atoms with van der Waals surface area (Å²) >= 11 is 1.22. The third-order valence-corrected chi connectivity index (χ3v) is 4.67. The number of ether oxygens (including phenoxy) is 2. The van der Waals surface area contributed by atoms with Gasteiger partial charge in [-0.05, 0) is 32.4 Å². The Labute approximate surface area is 161 Å². The molecule has 0 aromatic carbocycles. The van der Waals surface area contributed by atoms with Gasteiger partial charge < -0.3 is 14.0 Å². The number of hydrogen-bond acceptors (Lipinski definition) is 8. The van der Waals surface area contributed by atoms with E-state index < -0.39 is 17.3 Å². The van der Waals surface area contributed by atoms with Crippen molar-refractivity contribution < 1.29 is 19.1 Å². The molecule has 0 aliphatic carbocycles. The highest BCUT2D eigenvalue weighted by molar-refractivity contribution is 8.00. The van der Waals surface area contributed by atoms with Crippen molar-refractivity contribution in [3.05, 3.63) is 24.5 Å². The lowest BCUT2D eigenvalue weighted by Gasteiger charge is -2.13. The Morgan fingerprint density at radius 1 is 1.30 bits per heavy atom. The van der Waals surface area contributed by atoms with Crippen molar-refractivity contribution in [1.29, 1.82) is 0 Å². The van der Waals surface area contributed by atoms with Gasteiger partial charge in [-0.15, -0.1) is 10.2 Å². The fourth-order valence-corrected chi connectivity index (χ4v) is 3.10. The Balaban J connectivity index is 2.18. The summed E-state index contributed by atoms with van der Waals surface area (Å²) in [5, 5.41) is 10.7. The molecule has 2 aromatic rings. The average Bonchev–Trinajstić information content (AvgIpc) is 3.08. The maximum absolute atomic E-state index is 12.1. The summed E-state index contributed by atoms with van der Waals surface area (Å²) in [7, 11) is 1.20. The highest BCUT2D eigenvalue weighted by Crippen LogP contribution is 2.27. The SMILES string of the molecule is CCOCCCn1c(S[C@@H](C)C(=O)NC(=O)OC)nnc1-c1ccncc1. The van der Waals surface area contributed by atoms with Crippen LogP contribution >= 0.6 is 11.8 Å². The van der Waals surface area contributed by atoms with Crippen LogP contribution < -0.4 is 5.32 Å². The summed E-state index contributed by atoms with van der Waals surface area (Å²) in [5.74, 6) is 0.234. The number of carbonyl (C=O) groups excluding carboxylic acids is 2. The standard InChI is InChI=1S/C17H23N5O4S/c1-4-26-11-5-10-22-14(13-6-8-18-9-7-13)20-21-16(22)27-12(2)15(23)19-17(24)25-3/h6-9,12H,4-5,10-11H2,1-3H3,(H,19,23,24)/t12-/m0/s1. The minimum Gasteiger partial charge on any atom is -0.453 e. The highest BCUT2D eigenvalue weighted by Gasteiger charge is 2.22. The van der Waals surface area contributed by atoms with Gasteiger partial charge in [0.2, 0.25) is 5.91 Å². The molecule has 27 heavy (non-hydrogen) atoms. The maximum atomic E-state index is 12.1. The second-order valence-corrected chi connectivity index (χ2v) is 6.79. The maximum Gasteiger partial charge on any atom is 0.413 e. The van der Waals surface area contributed by atoms with Gasteiger partial charge in [-0.2, -0.15) is 0 Å². The molecule has 9 nitrogen and oxygen atoms in total. The number of alkyl carbamates (subject to hydrolysis) is 1. The lowest BCUT2D eigenvalue weighted by molar-refractivity contribution is -0.119. The van der Waals surface area contributed by atoms with E-state index >= 15 is 0 Å². The van der Waals surface area contributed by atoms with Crippen LogP contribution in [0.5, 0.6) is 0 Å². The second-order valence-electron chi connectivity index (χ2n) is 5.49. The zero-order chi connectivity index (χ0) is 19.6. The Bertz CT molecular complexity index is 753. The molecule has 1 atom stereocenters. The minimum absolute atomic E-state index is 0.457. The third kappa shape index (κ3) is 6.04. The van der Waals surface area contributed by atoms with Crippen molar-refractivity contribution in [3.8, 4) is 11.4 Å². The van der Waals surface area contributed by atoms with Gasteiger partial charge in [0.25, 0.3) is 0 Å². The zero-order valence-electron chi connectivity index (χ0n) is 15.5. The van der Waals surface area contributed by atoms with Gasteiger partial charge in [-0.3, -0.25) is 15.1 Å². The molecule has 0 aliphatic heterocycles. The smallest absolute Gasteiger partial charge is 0.413 e. The molecule has 0 saturated carbocycles. The molecule has 0 unspecified atom stereocenters. The summed E-state index contributed by atoms with van der Waals surface area (Å²) in [6.45, 7) is 5.55. The van der Waals surface area contributed by atoms with Gasteiger partial charge in [0, 0.05) is 37.7 Å². The van der Waals surface area contributed by atoms with E-state index in [1.165, 1.54) is 18.9 Å². The Kier molecular flexibility index (Phi) is 8.21. The largest absolute Gasteiger partial charge is 0.453 e. The number of thioether (sulfide) groups is 1. The van der Waals surface area contributed by atoms with Crippen LogP contribution in [0, 0.1) is 0 Å². The molecule has 2 amide bonds. The van der Waals surface area contributed by atoms with Crippen LogP contribution in [0.25, 0.3) is 11.4 Å². The van der Waals surface area contributed by atoms with Crippen LogP contribution in [0.15, 0.2) is 29.7 Å². The van der Waals surface area contributed by atoms with E-state index in [1.54, 1.807) is 19.3 Å². The third-order valence-electron chi connectivity index (χ3n) is 3.59. The lowest BCUT2D eigenvalue weighted by Crippen LogP contribution is -2.36. The zero-order valence-corrected chi connectivity index (χ0v) is 16.4. The Hall–Kier alpha value is -2.46. The number of methoxy groups -OCH3 is 1. The number of hydrogen-bond donors (Lipinski definition) is 1. The molecule has 2 rings (SSSR count). The summed E-state index contributed by atoms with van der Waals surface area (Å²) in [4.78, 5) is 27.3. The molecule has 2 aromatic heterocycles. The van der Waals surface area contributed by atoms with E-state index in [2.05, 4.69) is 25.2 Å². The molecule has 0 fully saturated rings. The Morgan fingerprint density at radius 2 is 2.04 bits per heavy atom. The highest BCUT2D eigenvalue weighted by atomic mass is 32.2. The molecule has 0 saturated heterocycles. The van der Waals surface area contributed by atoms with Crippen LogP contribution in [0.1, 0.15) is 20.3 Å². The second kappa shape index (κ2) is 10.6.